The second-order valence-corrected chi connectivity index (χ2v) is 6.28. The van der Waals surface area contributed by atoms with Gasteiger partial charge in [-0.2, -0.15) is 0 Å². The Bertz CT molecular complexity index is 684. The Morgan fingerprint density at radius 2 is 1.96 bits per heavy atom. The third kappa shape index (κ3) is 3.83. The minimum absolute atomic E-state index is 0.0239. The minimum Gasteiger partial charge on any atom is -0.372 e. The van der Waals surface area contributed by atoms with E-state index in [1.165, 1.54) is 5.56 Å². The molecule has 0 N–H and O–H groups in total. The molecule has 2 aromatic carbocycles. The molecule has 0 spiro atoms. The lowest BCUT2D eigenvalue weighted by Gasteiger charge is -2.24. The number of amides is 1. The summed E-state index contributed by atoms with van der Waals surface area (Å²) in [6.07, 6.45) is -0.372. The number of rotatable bonds is 6. The highest BCUT2D eigenvalue weighted by molar-refractivity contribution is 5.96. The van der Waals surface area contributed by atoms with Crippen LogP contribution in [0, 0.1) is 0 Å². The van der Waals surface area contributed by atoms with Crippen molar-refractivity contribution in [1.29, 1.82) is 0 Å². The van der Waals surface area contributed by atoms with Crippen LogP contribution in [-0.2, 0) is 20.9 Å². The highest BCUT2D eigenvalue weighted by Crippen LogP contribution is 2.26. The smallest absolute Gasteiger partial charge is 0.255 e. The Morgan fingerprint density at radius 3 is 2.71 bits per heavy atom. The van der Waals surface area contributed by atoms with Gasteiger partial charge in [0.1, 0.15) is 6.61 Å². The van der Waals surface area contributed by atoms with E-state index in [0.717, 1.165) is 11.3 Å². The molecule has 126 valence electrons. The van der Waals surface area contributed by atoms with Crippen LogP contribution < -0.4 is 4.90 Å². The van der Waals surface area contributed by atoms with Crippen LogP contribution in [0.5, 0.6) is 0 Å². The van der Waals surface area contributed by atoms with Crippen LogP contribution in [0.15, 0.2) is 54.6 Å². The van der Waals surface area contributed by atoms with Crippen LogP contribution >= 0.6 is 0 Å². The molecule has 0 aromatic heterocycles. The number of anilines is 1. The van der Waals surface area contributed by atoms with Crippen molar-refractivity contribution in [3.63, 3.8) is 0 Å². The second kappa shape index (κ2) is 7.60. The Morgan fingerprint density at radius 1 is 1.17 bits per heavy atom. The van der Waals surface area contributed by atoms with E-state index in [4.69, 9.17) is 9.47 Å². The Labute approximate surface area is 143 Å². The van der Waals surface area contributed by atoms with Crippen molar-refractivity contribution in [1.82, 2.24) is 0 Å². The normalized spacial score (nSPS) is 17.7. The fourth-order valence-corrected chi connectivity index (χ4v) is 2.79. The van der Waals surface area contributed by atoms with Gasteiger partial charge in [-0.15, -0.1) is 0 Å². The first-order valence-corrected chi connectivity index (χ1v) is 8.30. The van der Waals surface area contributed by atoms with Gasteiger partial charge >= 0.3 is 0 Å². The molecule has 1 aliphatic heterocycles. The molecule has 4 heteroatoms. The van der Waals surface area contributed by atoms with Crippen LogP contribution in [0.4, 0.5) is 5.69 Å². The Kier molecular flexibility index (Phi) is 5.28. The topological polar surface area (TPSA) is 38.8 Å². The van der Waals surface area contributed by atoms with Crippen LogP contribution in [-0.4, -0.2) is 25.3 Å². The molecule has 1 fully saturated rings. The Balaban J connectivity index is 1.67. The van der Waals surface area contributed by atoms with Crippen LogP contribution in [0.1, 0.15) is 30.9 Å². The van der Waals surface area contributed by atoms with E-state index < -0.39 is 0 Å². The molecule has 1 amide bonds. The molecule has 4 nitrogen and oxygen atoms in total. The van der Waals surface area contributed by atoms with Gasteiger partial charge in [-0.25, -0.2) is 0 Å². The molecule has 1 saturated heterocycles. The third-order valence-electron chi connectivity index (χ3n) is 4.14. The summed E-state index contributed by atoms with van der Waals surface area (Å²) in [6, 6.07) is 18.1. The van der Waals surface area contributed by atoms with Crippen LogP contribution in [0.3, 0.4) is 0 Å². The summed E-state index contributed by atoms with van der Waals surface area (Å²) < 4.78 is 11.4. The standard InChI is InChI=1S/C20H23NO3/c1-15(2)17-9-6-10-18(11-17)21-19(22)13-24-20(21)14-23-12-16-7-4-3-5-8-16/h3-11,15,20H,12-14H2,1-2H3. The van der Waals surface area contributed by atoms with E-state index in [9.17, 15) is 4.79 Å². The zero-order chi connectivity index (χ0) is 16.9. The molecule has 2 aromatic rings. The number of hydrogen-bond acceptors (Lipinski definition) is 3. The lowest BCUT2D eigenvalue weighted by molar-refractivity contribution is -0.117. The molecule has 0 radical (unpaired) electrons. The van der Waals surface area contributed by atoms with Crippen molar-refractivity contribution in [3.8, 4) is 0 Å². The summed E-state index contributed by atoms with van der Waals surface area (Å²) in [4.78, 5) is 14.0. The highest BCUT2D eigenvalue weighted by atomic mass is 16.6. The number of carbonyl (C=O) groups is 1. The van der Waals surface area contributed by atoms with E-state index in [1.54, 1.807) is 4.90 Å². The quantitative estimate of drug-likeness (QED) is 0.812. The molecule has 1 unspecified atom stereocenters. The van der Waals surface area contributed by atoms with Crippen LogP contribution in [0.25, 0.3) is 0 Å². The average molecular weight is 325 g/mol. The number of ether oxygens (including phenoxy) is 2. The summed E-state index contributed by atoms with van der Waals surface area (Å²) in [5.41, 5.74) is 3.18. The molecule has 0 bridgehead atoms. The SMILES string of the molecule is CC(C)c1cccc(N2C(=O)COC2COCc2ccccc2)c1. The van der Waals surface area contributed by atoms with Gasteiger partial charge < -0.3 is 9.47 Å². The third-order valence-corrected chi connectivity index (χ3v) is 4.14. The second-order valence-electron chi connectivity index (χ2n) is 6.28. The van der Waals surface area contributed by atoms with E-state index in [2.05, 4.69) is 26.0 Å². The highest BCUT2D eigenvalue weighted by Gasteiger charge is 2.33. The first-order valence-electron chi connectivity index (χ1n) is 8.30. The maximum Gasteiger partial charge on any atom is 0.255 e. The van der Waals surface area contributed by atoms with Gasteiger partial charge in [0, 0.05) is 5.69 Å². The lowest BCUT2D eigenvalue weighted by atomic mass is 10.0. The van der Waals surface area contributed by atoms with E-state index in [1.807, 2.05) is 42.5 Å². The molecule has 1 heterocycles. The largest absolute Gasteiger partial charge is 0.372 e. The number of benzene rings is 2. The lowest BCUT2D eigenvalue weighted by Crippen LogP contribution is -2.37. The molecular formula is C20H23NO3. The van der Waals surface area contributed by atoms with Gasteiger partial charge in [0.15, 0.2) is 6.23 Å². The molecular weight excluding hydrogens is 302 g/mol. The van der Waals surface area contributed by atoms with Crippen molar-refractivity contribution in [2.45, 2.75) is 32.6 Å². The fourth-order valence-electron chi connectivity index (χ4n) is 2.79. The zero-order valence-corrected chi connectivity index (χ0v) is 14.1. The van der Waals surface area contributed by atoms with E-state index in [-0.39, 0.29) is 18.7 Å². The summed E-state index contributed by atoms with van der Waals surface area (Å²) in [5, 5.41) is 0. The van der Waals surface area contributed by atoms with Crippen molar-refractivity contribution in [2.75, 3.05) is 18.1 Å². The van der Waals surface area contributed by atoms with E-state index >= 15 is 0 Å². The van der Waals surface area contributed by atoms with Gasteiger partial charge in [0.25, 0.3) is 5.91 Å². The first kappa shape index (κ1) is 16.7. The maximum atomic E-state index is 12.2. The van der Waals surface area contributed by atoms with Gasteiger partial charge in [-0.05, 0) is 29.2 Å². The zero-order valence-electron chi connectivity index (χ0n) is 14.1. The maximum absolute atomic E-state index is 12.2. The molecule has 0 saturated carbocycles. The predicted molar refractivity (Wildman–Crippen MR) is 93.9 cm³/mol. The van der Waals surface area contributed by atoms with Gasteiger partial charge in [0.2, 0.25) is 0 Å². The van der Waals surface area contributed by atoms with Crippen molar-refractivity contribution in [2.24, 2.45) is 0 Å². The number of carbonyl (C=O) groups excluding carboxylic acids is 1. The monoisotopic (exact) mass is 325 g/mol. The first-order chi connectivity index (χ1) is 11.6. The molecule has 24 heavy (non-hydrogen) atoms. The average Bonchev–Trinajstić information content (AvgIpc) is 2.96. The van der Waals surface area contributed by atoms with Gasteiger partial charge in [-0.3, -0.25) is 9.69 Å². The van der Waals surface area contributed by atoms with Crippen molar-refractivity contribution >= 4 is 11.6 Å². The fraction of sp³-hybridized carbons (Fsp3) is 0.350. The van der Waals surface area contributed by atoms with Gasteiger partial charge in [-0.1, -0.05) is 56.3 Å². The van der Waals surface area contributed by atoms with E-state index in [0.29, 0.717) is 19.1 Å². The summed E-state index contributed by atoms with van der Waals surface area (Å²) >= 11 is 0. The summed E-state index contributed by atoms with van der Waals surface area (Å²) in [5.74, 6) is 0.389. The molecule has 1 atom stereocenters. The number of hydrogen-bond donors (Lipinski definition) is 0. The Hall–Kier alpha value is -2.17. The molecule has 3 rings (SSSR count). The molecule has 0 aliphatic carbocycles. The van der Waals surface area contributed by atoms with Gasteiger partial charge in [0.05, 0.1) is 13.2 Å². The molecule has 1 aliphatic rings. The summed E-state index contributed by atoms with van der Waals surface area (Å²) in [6.45, 7) is 5.25. The van der Waals surface area contributed by atoms with Crippen molar-refractivity contribution < 1.29 is 14.3 Å². The van der Waals surface area contributed by atoms with Crippen molar-refractivity contribution in [3.05, 3.63) is 65.7 Å². The minimum atomic E-state index is -0.372. The number of nitrogens with zero attached hydrogens (tertiary/aromatic N) is 1. The summed E-state index contributed by atoms with van der Waals surface area (Å²) in [7, 11) is 0. The predicted octanol–water partition coefficient (Wildman–Crippen LogP) is 3.72. The van der Waals surface area contributed by atoms with Crippen LogP contribution in [0.2, 0.25) is 0 Å².